The fraction of sp³-hybridized carbons (Fsp3) is 0.286. The van der Waals surface area contributed by atoms with Crippen LogP contribution >= 0.6 is 0 Å². The summed E-state index contributed by atoms with van der Waals surface area (Å²) in [5, 5.41) is 9.64. The van der Waals surface area contributed by atoms with Gasteiger partial charge in [0.25, 0.3) is 17.8 Å². The summed E-state index contributed by atoms with van der Waals surface area (Å²) in [5.41, 5.74) is 1.28. The fourth-order valence-corrected chi connectivity index (χ4v) is 2.65. The van der Waals surface area contributed by atoms with Crippen molar-refractivity contribution in [1.29, 1.82) is 0 Å². The number of nitrogens with one attached hydrogen (secondary N) is 2. The Morgan fingerprint density at radius 1 is 1.07 bits per heavy atom. The van der Waals surface area contributed by atoms with E-state index in [4.69, 9.17) is 13.9 Å². The SMILES string of the molecule is COc1ccccc1Oc1ccc(C(=O)NCCCNC(=O)c2cc(C)n(C)n2)o1. The Bertz CT molecular complexity index is 1000. The quantitative estimate of drug-likeness (QED) is 0.523. The lowest BCUT2D eigenvalue weighted by Crippen LogP contribution is -2.30. The maximum atomic E-state index is 12.2. The van der Waals surface area contributed by atoms with Crippen molar-refractivity contribution < 1.29 is 23.5 Å². The first kappa shape index (κ1) is 21.0. The second kappa shape index (κ2) is 9.64. The number of benzene rings is 1. The topological polar surface area (TPSA) is 108 Å². The van der Waals surface area contributed by atoms with Gasteiger partial charge in [0, 0.05) is 31.9 Å². The van der Waals surface area contributed by atoms with Crippen LogP contribution in [0.5, 0.6) is 17.4 Å². The number of rotatable bonds is 9. The van der Waals surface area contributed by atoms with Crippen molar-refractivity contribution in [2.45, 2.75) is 13.3 Å². The van der Waals surface area contributed by atoms with Crippen molar-refractivity contribution in [1.82, 2.24) is 20.4 Å². The molecule has 0 radical (unpaired) electrons. The fourth-order valence-electron chi connectivity index (χ4n) is 2.65. The van der Waals surface area contributed by atoms with E-state index in [1.807, 2.05) is 19.1 Å². The monoisotopic (exact) mass is 412 g/mol. The maximum absolute atomic E-state index is 12.2. The Kier molecular flexibility index (Phi) is 6.74. The Balaban J connectivity index is 1.42. The predicted octanol–water partition coefficient (Wildman–Crippen LogP) is 2.67. The molecule has 2 aromatic heterocycles. The van der Waals surface area contributed by atoms with Crippen molar-refractivity contribution >= 4 is 11.8 Å². The van der Waals surface area contributed by atoms with Gasteiger partial charge in [-0.15, -0.1) is 0 Å². The summed E-state index contributed by atoms with van der Waals surface area (Å²) in [6.45, 7) is 2.67. The van der Waals surface area contributed by atoms with E-state index in [1.165, 1.54) is 6.07 Å². The summed E-state index contributed by atoms with van der Waals surface area (Å²) >= 11 is 0. The minimum atomic E-state index is -0.364. The molecule has 158 valence electrons. The van der Waals surface area contributed by atoms with Crippen molar-refractivity contribution in [3.63, 3.8) is 0 Å². The third kappa shape index (κ3) is 5.19. The smallest absolute Gasteiger partial charge is 0.290 e. The summed E-state index contributed by atoms with van der Waals surface area (Å²) in [6.07, 6.45) is 0.564. The molecule has 0 aliphatic rings. The highest BCUT2D eigenvalue weighted by molar-refractivity contribution is 5.92. The lowest BCUT2D eigenvalue weighted by Gasteiger charge is -2.07. The van der Waals surface area contributed by atoms with Crippen LogP contribution in [-0.2, 0) is 7.05 Å². The van der Waals surface area contributed by atoms with Crippen LogP contribution in [0.25, 0.3) is 0 Å². The van der Waals surface area contributed by atoms with Gasteiger partial charge >= 0.3 is 0 Å². The maximum Gasteiger partial charge on any atom is 0.290 e. The first-order chi connectivity index (χ1) is 14.5. The second-order valence-corrected chi connectivity index (χ2v) is 6.53. The van der Waals surface area contributed by atoms with Crippen LogP contribution in [-0.4, -0.2) is 41.8 Å². The average Bonchev–Trinajstić information content (AvgIpc) is 3.34. The zero-order valence-corrected chi connectivity index (χ0v) is 17.1. The van der Waals surface area contributed by atoms with Gasteiger partial charge in [-0.3, -0.25) is 14.3 Å². The Labute approximate surface area is 174 Å². The van der Waals surface area contributed by atoms with E-state index < -0.39 is 0 Å². The molecule has 0 spiro atoms. The number of para-hydroxylation sites is 2. The zero-order valence-electron chi connectivity index (χ0n) is 17.1. The van der Waals surface area contributed by atoms with Crippen LogP contribution in [0.4, 0.5) is 0 Å². The number of ether oxygens (including phenoxy) is 2. The zero-order chi connectivity index (χ0) is 21.5. The highest BCUT2D eigenvalue weighted by atomic mass is 16.6. The van der Waals surface area contributed by atoms with Gasteiger partial charge < -0.3 is 24.5 Å². The first-order valence-electron chi connectivity index (χ1n) is 9.45. The molecule has 0 aliphatic heterocycles. The van der Waals surface area contributed by atoms with Crippen molar-refractivity contribution in [2.24, 2.45) is 7.05 Å². The molecule has 3 aromatic rings. The number of methoxy groups -OCH3 is 1. The lowest BCUT2D eigenvalue weighted by molar-refractivity contribution is 0.0920. The van der Waals surface area contributed by atoms with Gasteiger partial charge in [0.1, 0.15) is 5.69 Å². The summed E-state index contributed by atoms with van der Waals surface area (Å²) in [7, 11) is 3.33. The molecule has 1 aromatic carbocycles. The van der Waals surface area contributed by atoms with E-state index in [-0.39, 0.29) is 23.5 Å². The number of aryl methyl sites for hydroxylation is 2. The molecule has 2 amide bonds. The van der Waals surface area contributed by atoms with Gasteiger partial charge in [-0.05, 0) is 37.6 Å². The van der Waals surface area contributed by atoms with E-state index in [2.05, 4.69) is 15.7 Å². The number of carbonyl (C=O) groups is 2. The van der Waals surface area contributed by atoms with E-state index in [0.717, 1.165) is 5.69 Å². The van der Waals surface area contributed by atoms with Crippen LogP contribution < -0.4 is 20.1 Å². The molecule has 2 heterocycles. The Morgan fingerprint density at radius 2 is 1.77 bits per heavy atom. The molecule has 0 bridgehead atoms. The molecule has 0 aliphatic carbocycles. The minimum absolute atomic E-state index is 0.132. The lowest BCUT2D eigenvalue weighted by atomic mass is 10.3. The number of hydrogen-bond donors (Lipinski definition) is 2. The van der Waals surface area contributed by atoms with Gasteiger partial charge in [-0.2, -0.15) is 5.10 Å². The summed E-state index contributed by atoms with van der Waals surface area (Å²) in [5.74, 6) is 0.754. The normalized spacial score (nSPS) is 10.5. The predicted molar refractivity (Wildman–Crippen MR) is 109 cm³/mol. The van der Waals surface area contributed by atoms with E-state index in [0.29, 0.717) is 36.7 Å². The van der Waals surface area contributed by atoms with Crippen molar-refractivity contribution in [3.8, 4) is 17.4 Å². The Morgan fingerprint density at radius 3 is 2.43 bits per heavy atom. The molecular formula is C21H24N4O5. The number of furan rings is 1. The van der Waals surface area contributed by atoms with Crippen molar-refractivity contribution in [2.75, 3.05) is 20.2 Å². The Hall–Kier alpha value is -3.75. The van der Waals surface area contributed by atoms with Crippen LogP contribution in [0.1, 0.15) is 33.2 Å². The number of carbonyl (C=O) groups excluding carboxylic acids is 2. The van der Waals surface area contributed by atoms with Gasteiger partial charge in [0.2, 0.25) is 0 Å². The summed E-state index contributed by atoms with van der Waals surface area (Å²) in [6, 6.07) is 12.0. The largest absolute Gasteiger partial charge is 0.493 e. The standard InChI is InChI=1S/C21H24N4O5/c1-14-13-15(24-25(14)2)20(26)22-11-6-12-23-21(27)18-9-10-19(30-18)29-17-8-5-4-7-16(17)28-3/h4-5,7-10,13H,6,11-12H2,1-3H3,(H,22,26)(H,23,27). The van der Waals surface area contributed by atoms with Gasteiger partial charge in [0.15, 0.2) is 17.3 Å². The molecule has 9 nitrogen and oxygen atoms in total. The highest BCUT2D eigenvalue weighted by Gasteiger charge is 2.14. The molecule has 0 unspecified atom stereocenters. The van der Waals surface area contributed by atoms with Gasteiger partial charge in [-0.25, -0.2) is 0 Å². The molecular weight excluding hydrogens is 388 g/mol. The molecule has 0 fully saturated rings. The van der Waals surface area contributed by atoms with Crippen LogP contribution in [0.3, 0.4) is 0 Å². The van der Waals surface area contributed by atoms with Crippen LogP contribution in [0, 0.1) is 6.92 Å². The number of nitrogens with zero attached hydrogens (tertiary/aromatic N) is 2. The summed E-state index contributed by atoms with van der Waals surface area (Å²) in [4.78, 5) is 24.2. The van der Waals surface area contributed by atoms with Crippen LogP contribution in [0.15, 0.2) is 46.9 Å². The number of hydrogen-bond acceptors (Lipinski definition) is 6. The highest BCUT2D eigenvalue weighted by Crippen LogP contribution is 2.31. The molecule has 0 atom stereocenters. The van der Waals surface area contributed by atoms with Gasteiger partial charge in [0.05, 0.1) is 7.11 Å². The summed E-state index contributed by atoms with van der Waals surface area (Å²) < 4.78 is 17.9. The third-order valence-electron chi connectivity index (χ3n) is 4.36. The van der Waals surface area contributed by atoms with E-state index in [1.54, 1.807) is 43.1 Å². The molecule has 9 heteroatoms. The van der Waals surface area contributed by atoms with E-state index >= 15 is 0 Å². The third-order valence-corrected chi connectivity index (χ3v) is 4.36. The molecule has 0 saturated carbocycles. The molecule has 30 heavy (non-hydrogen) atoms. The average molecular weight is 412 g/mol. The number of amides is 2. The van der Waals surface area contributed by atoms with Crippen LogP contribution in [0.2, 0.25) is 0 Å². The van der Waals surface area contributed by atoms with Gasteiger partial charge in [-0.1, -0.05) is 12.1 Å². The first-order valence-corrected chi connectivity index (χ1v) is 9.45. The van der Waals surface area contributed by atoms with Crippen molar-refractivity contribution in [3.05, 3.63) is 59.6 Å². The minimum Gasteiger partial charge on any atom is -0.493 e. The molecule has 0 saturated heterocycles. The van der Waals surface area contributed by atoms with E-state index in [9.17, 15) is 9.59 Å². The number of aromatic nitrogens is 2. The molecule has 2 N–H and O–H groups in total. The molecule has 3 rings (SSSR count). The second-order valence-electron chi connectivity index (χ2n) is 6.53.